The first-order valence-corrected chi connectivity index (χ1v) is 12.4. The third-order valence-corrected chi connectivity index (χ3v) is 6.30. The molecule has 0 aliphatic heterocycles. The number of anilines is 1. The van der Waals surface area contributed by atoms with E-state index in [1.54, 1.807) is 32.9 Å². The maximum atomic E-state index is 12.7. The third kappa shape index (κ3) is 8.35. The molecule has 2 aromatic rings. The summed E-state index contributed by atoms with van der Waals surface area (Å²) in [7, 11) is -0.152. The van der Waals surface area contributed by atoms with Crippen molar-refractivity contribution in [1.29, 1.82) is 0 Å². The molecule has 1 unspecified atom stereocenters. The Hall–Kier alpha value is -3.11. The van der Waals surface area contributed by atoms with Crippen LogP contribution in [0.1, 0.15) is 33.6 Å². The van der Waals surface area contributed by atoms with Gasteiger partial charge in [-0.25, -0.2) is 13.2 Å². The predicted octanol–water partition coefficient (Wildman–Crippen LogP) is 3.46. The molecule has 0 saturated carbocycles. The molecule has 1 atom stereocenters. The van der Waals surface area contributed by atoms with Gasteiger partial charge in [0.15, 0.2) is 0 Å². The molecule has 0 bridgehead atoms. The number of amides is 1. The first kappa shape index (κ1) is 27.1. The van der Waals surface area contributed by atoms with Crippen LogP contribution in [0.2, 0.25) is 0 Å². The molecule has 186 valence electrons. The van der Waals surface area contributed by atoms with Crippen LogP contribution in [0.5, 0.6) is 0 Å². The van der Waals surface area contributed by atoms with E-state index in [-0.39, 0.29) is 24.3 Å². The smallest absolute Gasteiger partial charge is 0.407 e. The Balaban J connectivity index is 1.99. The fraction of sp³-hybridized carbons (Fsp3) is 0.417. The number of nitrogens with zero attached hydrogens (tertiary/aromatic N) is 1. The minimum Gasteiger partial charge on any atom is -0.480 e. The second kappa shape index (κ2) is 11.3. The van der Waals surface area contributed by atoms with Crippen molar-refractivity contribution in [2.24, 2.45) is 0 Å². The van der Waals surface area contributed by atoms with Gasteiger partial charge < -0.3 is 20.1 Å². The number of nitrogens with one attached hydrogen (secondary N) is 2. The van der Waals surface area contributed by atoms with E-state index in [0.717, 1.165) is 16.8 Å². The summed E-state index contributed by atoms with van der Waals surface area (Å²) < 4.78 is 32.8. The zero-order chi connectivity index (χ0) is 25.5. The van der Waals surface area contributed by atoms with Crippen molar-refractivity contribution in [2.75, 3.05) is 25.5 Å². The minimum atomic E-state index is -4.05. The van der Waals surface area contributed by atoms with Gasteiger partial charge in [0.1, 0.15) is 11.6 Å². The maximum absolute atomic E-state index is 12.7. The number of hydrogen-bond acceptors (Lipinski definition) is 6. The Morgan fingerprint density at radius 1 is 1.00 bits per heavy atom. The Morgan fingerprint density at radius 3 is 2.00 bits per heavy atom. The van der Waals surface area contributed by atoms with E-state index in [2.05, 4.69) is 10.0 Å². The normalized spacial score (nSPS) is 12.6. The van der Waals surface area contributed by atoms with Gasteiger partial charge in [0, 0.05) is 26.3 Å². The van der Waals surface area contributed by atoms with Gasteiger partial charge in [-0.05, 0) is 69.0 Å². The maximum Gasteiger partial charge on any atom is 0.407 e. The van der Waals surface area contributed by atoms with Crippen molar-refractivity contribution in [3.05, 3.63) is 48.5 Å². The lowest BCUT2D eigenvalue weighted by molar-refractivity contribution is -0.139. The number of rotatable bonds is 10. The zero-order valence-corrected chi connectivity index (χ0v) is 21.0. The highest BCUT2D eigenvalue weighted by Crippen LogP contribution is 2.24. The van der Waals surface area contributed by atoms with Crippen LogP contribution in [-0.4, -0.2) is 57.9 Å². The Kier molecular flexibility index (Phi) is 9.06. The molecule has 0 aliphatic carbocycles. The van der Waals surface area contributed by atoms with E-state index in [4.69, 9.17) is 4.74 Å². The highest BCUT2D eigenvalue weighted by molar-refractivity contribution is 7.89. The van der Waals surface area contributed by atoms with Crippen LogP contribution in [-0.2, 0) is 19.6 Å². The molecule has 34 heavy (non-hydrogen) atoms. The van der Waals surface area contributed by atoms with Gasteiger partial charge in [-0.3, -0.25) is 4.79 Å². The molecule has 2 aromatic carbocycles. The number of carboxylic acid groups (broad SMARTS) is 1. The molecule has 0 fully saturated rings. The van der Waals surface area contributed by atoms with Gasteiger partial charge in [0.05, 0.1) is 4.90 Å². The first-order valence-electron chi connectivity index (χ1n) is 10.9. The van der Waals surface area contributed by atoms with Crippen LogP contribution >= 0.6 is 0 Å². The molecule has 3 N–H and O–H groups in total. The van der Waals surface area contributed by atoms with Crippen LogP contribution in [0, 0.1) is 0 Å². The van der Waals surface area contributed by atoms with E-state index in [0.29, 0.717) is 0 Å². The number of benzene rings is 2. The highest BCUT2D eigenvalue weighted by Gasteiger charge is 2.25. The number of carbonyl (C=O) groups excluding carboxylic acids is 1. The number of carboxylic acids is 1. The lowest BCUT2D eigenvalue weighted by Crippen LogP contribution is -2.41. The molecule has 2 rings (SSSR count). The quantitative estimate of drug-likeness (QED) is 0.435. The standard InChI is InChI=1S/C24H33N3O6S/c1-24(2,3)33-23(30)25-16-6-7-21(22(28)29)26-34(31,32)20-14-10-18(11-15-20)17-8-12-19(13-9-17)27(4)5/h8-15,21,26H,6-7,16H2,1-5H3,(H,25,30)(H,28,29). The van der Waals surface area contributed by atoms with Crippen molar-refractivity contribution in [2.45, 2.75) is 50.2 Å². The summed E-state index contributed by atoms with van der Waals surface area (Å²) in [6.07, 6.45) is -0.363. The van der Waals surface area contributed by atoms with Gasteiger partial charge in [0.25, 0.3) is 0 Å². The van der Waals surface area contributed by atoms with Crippen LogP contribution in [0.3, 0.4) is 0 Å². The van der Waals surface area contributed by atoms with Crippen LogP contribution in [0.25, 0.3) is 11.1 Å². The second-order valence-electron chi connectivity index (χ2n) is 9.05. The largest absolute Gasteiger partial charge is 0.480 e. The summed E-state index contributed by atoms with van der Waals surface area (Å²) in [6.45, 7) is 5.35. The zero-order valence-electron chi connectivity index (χ0n) is 20.2. The van der Waals surface area contributed by atoms with E-state index in [1.807, 2.05) is 43.3 Å². The molecule has 0 spiro atoms. The van der Waals surface area contributed by atoms with Crippen molar-refractivity contribution < 1.29 is 27.9 Å². The van der Waals surface area contributed by atoms with Crippen molar-refractivity contribution in [3.8, 4) is 11.1 Å². The Morgan fingerprint density at radius 2 is 1.53 bits per heavy atom. The summed E-state index contributed by atoms with van der Waals surface area (Å²) in [5, 5.41) is 12.0. The average Bonchev–Trinajstić information content (AvgIpc) is 2.74. The molecular weight excluding hydrogens is 458 g/mol. The summed E-state index contributed by atoms with van der Waals surface area (Å²) in [5.41, 5.74) is 2.18. The molecule has 0 radical (unpaired) electrons. The van der Waals surface area contributed by atoms with Gasteiger partial charge in [-0.15, -0.1) is 0 Å². The number of carbonyl (C=O) groups is 2. The number of alkyl carbamates (subject to hydrolysis) is 1. The fourth-order valence-electron chi connectivity index (χ4n) is 3.08. The van der Waals surface area contributed by atoms with Crippen LogP contribution in [0.4, 0.5) is 10.5 Å². The molecule has 10 heteroatoms. The lowest BCUT2D eigenvalue weighted by atomic mass is 10.1. The van der Waals surface area contributed by atoms with Crippen LogP contribution < -0.4 is 14.9 Å². The monoisotopic (exact) mass is 491 g/mol. The fourth-order valence-corrected chi connectivity index (χ4v) is 4.30. The number of sulfonamides is 1. The molecule has 0 aromatic heterocycles. The summed E-state index contributed by atoms with van der Waals surface area (Å²) in [5.74, 6) is -1.29. The van der Waals surface area contributed by atoms with E-state index in [1.165, 1.54) is 12.1 Å². The lowest BCUT2D eigenvalue weighted by Gasteiger charge is -2.20. The van der Waals surface area contributed by atoms with Crippen molar-refractivity contribution in [1.82, 2.24) is 10.0 Å². The summed E-state index contributed by atoms with van der Waals surface area (Å²) in [4.78, 5) is 25.2. The molecule has 0 aliphatic rings. The molecule has 0 saturated heterocycles. The summed E-state index contributed by atoms with van der Waals surface area (Å²) >= 11 is 0. The SMILES string of the molecule is CN(C)c1ccc(-c2ccc(S(=O)(=O)NC(CCCNC(=O)OC(C)(C)C)C(=O)O)cc2)cc1. The molecular formula is C24H33N3O6S. The number of aliphatic carboxylic acids is 1. The van der Waals surface area contributed by atoms with Gasteiger partial charge in [-0.2, -0.15) is 4.72 Å². The average molecular weight is 492 g/mol. The number of hydrogen-bond donors (Lipinski definition) is 3. The van der Waals surface area contributed by atoms with Crippen LogP contribution in [0.15, 0.2) is 53.4 Å². The second-order valence-corrected chi connectivity index (χ2v) is 10.8. The van der Waals surface area contributed by atoms with Crippen molar-refractivity contribution >= 4 is 27.8 Å². The first-order chi connectivity index (χ1) is 15.8. The number of ether oxygens (including phenoxy) is 1. The van der Waals surface area contributed by atoms with Gasteiger partial charge in [0.2, 0.25) is 10.0 Å². The predicted molar refractivity (Wildman–Crippen MR) is 131 cm³/mol. The Bertz CT molecular complexity index is 1080. The highest BCUT2D eigenvalue weighted by atomic mass is 32.2. The third-order valence-electron chi connectivity index (χ3n) is 4.81. The van der Waals surface area contributed by atoms with Gasteiger partial charge in [-0.1, -0.05) is 24.3 Å². The van der Waals surface area contributed by atoms with E-state index in [9.17, 15) is 23.1 Å². The van der Waals surface area contributed by atoms with Gasteiger partial charge >= 0.3 is 12.1 Å². The topological polar surface area (TPSA) is 125 Å². The molecule has 0 heterocycles. The van der Waals surface area contributed by atoms with Crippen molar-refractivity contribution in [3.63, 3.8) is 0 Å². The molecule has 1 amide bonds. The van der Waals surface area contributed by atoms with E-state index >= 15 is 0 Å². The molecule has 9 nitrogen and oxygen atoms in total. The summed E-state index contributed by atoms with van der Waals surface area (Å²) in [6, 6.07) is 12.8. The minimum absolute atomic E-state index is 0.000663. The van der Waals surface area contributed by atoms with E-state index < -0.39 is 33.7 Å². The Labute approximate surface area is 201 Å².